The van der Waals surface area contributed by atoms with E-state index < -0.39 is 47.2 Å². The number of nitrogens with one attached hydrogen (secondary N) is 4. The summed E-state index contributed by atoms with van der Waals surface area (Å²) in [5.74, 6) is -1.18. The van der Waals surface area contributed by atoms with E-state index in [1.54, 1.807) is 63.6 Å². The molecule has 5 aromatic heterocycles. The molecule has 596 valence electrons. The van der Waals surface area contributed by atoms with Crippen molar-refractivity contribution >= 4 is 80.4 Å². The fourth-order valence-electron chi connectivity index (χ4n) is 12.7. The van der Waals surface area contributed by atoms with Crippen molar-refractivity contribution in [2.45, 2.75) is 155 Å². The van der Waals surface area contributed by atoms with Gasteiger partial charge in [-0.25, -0.2) is 28.8 Å². The van der Waals surface area contributed by atoms with Gasteiger partial charge in [0.15, 0.2) is 5.78 Å². The number of fused-ring (bicyclic) bond motifs is 3. The van der Waals surface area contributed by atoms with Gasteiger partial charge in [-0.1, -0.05) is 23.4 Å². The molecule has 11 rings (SSSR count). The van der Waals surface area contributed by atoms with Gasteiger partial charge >= 0.3 is 29.1 Å². The van der Waals surface area contributed by atoms with E-state index in [-0.39, 0.29) is 65.7 Å². The van der Waals surface area contributed by atoms with E-state index in [1.807, 2.05) is 82.3 Å². The summed E-state index contributed by atoms with van der Waals surface area (Å²) in [6.45, 7) is 20.0. The van der Waals surface area contributed by atoms with Gasteiger partial charge in [-0.3, -0.25) is 71.6 Å². The van der Waals surface area contributed by atoms with Gasteiger partial charge in [0.1, 0.15) is 40.6 Å². The average molecular weight is 1530 g/mol. The van der Waals surface area contributed by atoms with Gasteiger partial charge in [0.25, 0.3) is 0 Å². The summed E-state index contributed by atoms with van der Waals surface area (Å²) in [5.41, 5.74) is 6.59. The molecular formula is C76H102N14O20. The van der Waals surface area contributed by atoms with E-state index in [4.69, 9.17) is 42.6 Å². The lowest BCUT2D eigenvalue weighted by atomic mass is 9.93. The zero-order chi connectivity index (χ0) is 79.2. The topological polar surface area (TPSA) is 396 Å². The van der Waals surface area contributed by atoms with E-state index in [0.29, 0.717) is 172 Å². The minimum absolute atomic E-state index is 0.0802. The molecule has 4 N–H and O–H groups in total. The minimum atomic E-state index is -0.686. The molecule has 3 unspecified atom stereocenters. The summed E-state index contributed by atoms with van der Waals surface area (Å²) in [6, 6.07) is 14.9. The number of imide groups is 2. The number of amides is 5. The minimum Gasteiger partial charge on any atom is -0.460 e. The van der Waals surface area contributed by atoms with Crippen molar-refractivity contribution in [1.29, 1.82) is 0 Å². The molecule has 0 bridgehead atoms. The molecule has 110 heavy (non-hydrogen) atoms. The third-order valence-corrected chi connectivity index (χ3v) is 18.1. The number of hydrogen-bond donors (Lipinski definition) is 4. The number of rotatable bonds is 34. The smallest absolute Gasteiger partial charge is 0.407 e. The van der Waals surface area contributed by atoms with Crippen molar-refractivity contribution in [1.82, 2.24) is 68.3 Å². The van der Waals surface area contributed by atoms with Gasteiger partial charge in [-0.2, -0.15) is 0 Å². The van der Waals surface area contributed by atoms with Crippen LogP contribution in [-0.2, 0) is 110 Å². The normalized spacial score (nSPS) is 16.3. The number of benzene rings is 3. The number of aryl methyl sites for hydroxylation is 5. The largest absolute Gasteiger partial charge is 0.460 e. The second-order valence-corrected chi connectivity index (χ2v) is 28.8. The van der Waals surface area contributed by atoms with Crippen LogP contribution in [0.1, 0.15) is 135 Å². The molecule has 3 aromatic carbocycles. The Kier molecular flexibility index (Phi) is 30.1. The molecule has 3 atom stereocenters. The number of alkyl carbamates (subject to hydrolysis) is 1. The molecule has 3 fully saturated rings. The highest BCUT2D eigenvalue weighted by atomic mass is 16.6. The highest BCUT2D eigenvalue weighted by Crippen LogP contribution is 2.31. The van der Waals surface area contributed by atoms with Crippen LogP contribution < -0.4 is 33.0 Å². The van der Waals surface area contributed by atoms with Crippen LogP contribution in [-0.4, -0.2) is 210 Å². The Morgan fingerprint density at radius 3 is 1.50 bits per heavy atom. The van der Waals surface area contributed by atoms with Gasteiger partial charge in [-0.15, -0.1) is 5.10 Å². The number of H-pyrrole nitrogens is 1. The molecule has 2 aliphatic heterocycles. The van der Waals surface area contributed by atoms with E-state index in [1.165, 1.54) is 22.8 Å². The van der Waals surface area contributed by atoms with Crippen LogP contribution in [0.15, 0.2) is 81.4 Å². The number of imidazole rings is 4. The van der Waals surface area contributed by atoms with Crippen molar-refractivity contribution < 1.29 is 81.0 Å². The molecule has 1 aliphatic carbocycles. The number of nitrogens with zero attached hydrogens (tertiary/aromatic N) is 10. The number of carbonyl (C=O) groups is 8. The Balaban J connectivity index is 0.000000196. The lowest BCUT2D eigenvalue weighted by Gasteiger charge is -2.21. The number of ketones is 2. The van der Waals surface area contributed by atoms with Crippen LogP contribution in [0.5, 0.6) is 0 Å². The fourth-order valence-corrected chi connectivity index (χ4v) is 12.7. The van der Waals surface area contributed by atoms with Crippen molar-refractivity contribution in [2.75, 3.05) is 99.0 Å². The first-order valence-electron chi connectivity index (χ1n) is 37.0. The monoisotopic (exact) mass is 1530 g/mol. The maximum Gasteiger partial charge on any atom is 0.407 e. The number of piperidine rings is 2. The summed E-state index contributed by atoms with van der Waals surface area (Å²) in [4.78, 5) is 141. The Hall–Kier alpha value is -10.1. The van der Waals surface area contributed by atoms with Crippen LogP contribution in [0.3, 0.4) is 0 Å². The lowest BCUT2D eigenvalue weighted by molar-refractivity contribution is -0.155. The Labute approximate surface area is 634 Å². The summed E-state index contributed by atoms with van der Waals surface area (Å²) < 4.78 is 59.8. The molecule has 34 heteroatoms. The van der Waals surface area contributed by atoms with Crippen molar-refractivity contribution in [3.8, 4) is 22.5 Å². The van der Waals surface area contributed by atoms with Gasteiger partial charge in [0.05, 0.1) is 149 Å². The zero-order valence-corrected chi connectivity index (χ0v) is 64.3. The van der Waals surface area contributed by atoms with Gasteiger partial charge in [-0.05, 0) is 129 Å². The van der Waals surface area contributed by atoms with Gasteiger partial charge in [0, 0.05) is 77.7 Å². The first-order valence-corrected chi connectivity index (χ1v) is 37.0. The fraction of sp³-hybridized carbons (Fsp3) is 0.553. The number of aromatic amines is 1. The molecule has 7 heterocycles. The van der Waals surface area contributed by atoms with Crippen molar-refractivity contribution in [3.05, 3.63) is 110 Å². The third-order valence-electron chi connectivity index (χ3n) is 18.1. The van der Waals surface area contributed by atoms with Gasteiger partial charge < -0.3 is 52.9 Å². The van der Waals surface area contributed by atoms with E-state index in [9.17, 15) is 52.7 Å². The summed E-state index contributed by atoms with van der Waals surface area (Å²) in [5, 5.41) is 15.7. The maximum atomic E-state index is 13.0. The molecule has 1 saturated carbocycles. The molecule has 34 nitrogen and oxygen atoms in total. The maximum absolute atomic E-state index is 13.0. The Morgan fingerprint density at radius 1 is 0.527 bits per heavy atom. The average Bonchev–Trinajstić information content (AvgIpc) is 1.62. The predicted molar refractivity (Wildman–Crippen MR) is 402 cm³/mol. The van der Waals surface area contributed by atoms with Crippen molar-refractivity contribution in [2.24, 2.45) is 21.1 Å². The molecule has 3 aliphatic rings. The van der Waals surface area contributed by atoms with E-state index in [0.717, 1.165) is 52.1 Å². The number of esters is 1. The molecule has 8 aromatic rings. The van der Waals surface area contributed by atoms with E-state index in [2.05, 4.69) is 36.2 Å². The molecule has 5 amide bonds. The highest BCUT2D eigenvalue weighted by molar-refractivity contribution is 6.04. The van der Waals surface area contributed by atoms with Crippen LogP contribution >= 0.6 is 0 Å². The molecule has 2 saturated heterocycles. The Bertz CT molecular complexity index is 4730. The Morgan fingerprint density at radius 2 is 0.991 bits per heavy atom. The summed E-state index contributed by atoms with van der Waals surface area (Å²) in [6.07, 6.45) is 7.23. The van der Waals surface area contributed by atoms with Crippen LogP contribution in [0.4, 0.5) is 4.79 Å². The number of aromatic nitrogens is 11. The number of carbonyl (C=O) groups excluding carboxylic acids is 8. The second-order valence-electron chi connectivity index (χ2n) is 28.8. The summed E-state index contributed by atoms with van der Waals surface area (Å²) >= 11 is 0. The second kappa shape index (κ2) is 39.5. The van der Waals surface area contributed by atoms with Crippen LogP contribution in [0.2, 0.25) is 0 Å². The first kappa shape index (κ1) is 83.9. The van der Waals surface area contributed by atoms with Crippen LogP contribution in [0, 0.1) is 6.92 Å². The summed E-state index contributed by atoms with van der Waals surface area (Å²) in [7, 11) is 5.03. The molecular weight excluding hydrogens is 1430 g/mol. The highest BCUT2D eigenvalue weighted by Gasteiger charge is 2.35. The number of ether oxygens (including phenoxy) is 9. The van der Waals surface area contributed by atoms with Crippen LogP contribution in [0.25, 0.3) is 55.6 Å². The third kappa shape index (κ3) is 23.5. The molecule has 0 radical (unpaired) electrons. The first-order chi connectivity index (χ1) is 52.5. The number of hydrogen-bond acceptors (Lipinski definition) is 23. The van der Waals surface area contributed by atoms with Crippen molar-refractivity contribution in [3.63, 3.8) is 0 Å². The quantitative estimate of drug-likeness (QED) is 0.0168. The standard InChI is InChI=1S/C30H45N3O9.C29H40N6O8.C17H17N5O3/c1-30(2,3)42-27(35)8-6-14-39-16-18-41-20-19-40-17-15-38-13-5-7-22-9-10-23-25(21-22)32(4)29(37)33(23)24-11-12-26(34)31-28(24)36;1-29(2,3)43-27(38)30-9-11-40-13-15-42-16-14-41-12-10-34-19-22(31-32-34)20-5-7-23-25(17-20)33(4)28(39)35(23)24-8-6-21(36)18-26(24)37;1-9-18-8-11(19-9)10-3-4-12-14(7-10)21(2)17(25)22(12)13-5-6-15(23)20-16(13)24/h9-10,21,24H,5-8,11-20H2,1-4H3,(H,31,34,36);5,7,17,19,24H,6,8-16,18H2,1-4H3,(H,30,38);3-4,7-8,13H,5-6H2,1-2H3,(H,18,19)(H,20,23,24). The predicted octanol–water partition coefficient (Wildman–Crippen LogP) is 5.49. The number of Topliss-reactive ketones (excluding diaryl/α,β-unsaturated/α-hetero) is 2. The SMILES string of the molecule is Cc1ncc(-c2ccc3c(c2)n(C)c(=O)n3C2CCC(=O)NC2=O)[nH]1.Cn1c(=O)n(C2CCC(=O)CC2=O)c2ccc(-c3cn(CCOCCOCCOCCNC(=O)OC(C)(C)C)nn3)cc21.Cn1c(=O)n(C2CCC(=O)NC2=O)c2ccc(CCCOCCOCCOCCOCCCC(=O)OC(C)(C)C)cc21. The molecule has 0 spiro atoms. The zero-order valence-electron chi connectivity index (χ0n) is 64.3. The van der Waals surface area contributed by atoms with E-state index >= 15 is 0 Å². The lowest BCUT2D eigenvalue weighted by Crippen LogP contribution is -2.44. The van der Waals surface area contributed by atoms with Gasteiger partial charge in [0.2, 0.25) is 23.6 Å².